The zero-order chi connectivity index (χ0) is 13.0. The third kappa shape index (κ3) is 3.70. The number of nitrogens with two attached hydrogens (primary N) is 1. The molecule has 0 aromatic carbocycles. The molecular weight excluding hydrogens is 210 g/mol. The van der Waals surface area contributed by atoms with Crippen LogP contribution in [0.2, 0.25) is 0 Å². The predicted molar refractivity (Wildman–Crippen MR) is 73.0 cm³/mol. The van der Waals surface area contributed by atoms with Crippen LogP contribution in [0.25, 0.3) is 5.57 Å². The Bertz CT molecular complexity index is 423. The molecule has 0 aliphatic heterocycles. The van der Waals surface area contributed by atoms with Crippen molar-refractivity contribution in [3.8, 4) is 0 Å². The van der Waals surface area contributed by atoms with E-state index in [4.69, 9.17) is 11.1 Å². The number of rotatable bonds is 4. The van der Waals surface area contributed by atoms with E-state index in [1.54, 1.807) is 13.1 Å². The predicted octanol–water partition coefficient (Wildman–Crippen LogP) is 3.01. The van der Waals surface area contributed by atoms with Gasteiger partial charge in [0.15, 0.2) is 0 Å². The van der Waals surface area contributed by atoms with Gasteiger partial charge in [-0.15, -0.1) is 0 Å². The SMILES string of the molecule is CC(=N)/C(=C(/C)N)c1ccc(CC(C)C)nc1. The molecule has 1 heterocycles. The van der Waals surface area contributed by atoms with Crippen molar-refractivity contribution in [2.75, 3.05) is 0 Å². The quantitative estimate of drug-likeness (QED) is 0.782. The van der Waals surface area contributed by atoms with E-state index >= 15 is 0 Å². The van der Waals surface area contributed by atoms with Gasteiger partial charge in [-0.25, -0.2) is 0 Å². The molecule has 92 valence electrons. The summed E-state index contributed by atoms with van der Waals surface area (Å²) in [7, 11) is 0. The van der Waals surface area contributed by atoms with Crippen LogP contribution in [0.5, 0.6) is 0 Å². The molecule has 17 heavy (non-hydrogen) atoms. The zero-order valence-electron chi connectivity index (χ0n) is 11.0. The molecule has 0 saturated heterocycles. The van der Waals surface area contributed by atoms with Crippen LogP contribution < -0.4 is 5.73 Å². The Morgan fingerprint density at radius 3 is 2.35 bits per heavy atom. The zero-order valence-corrected chi connectivity index (χ0v) is 11.0. The van der Waals surface area contributed by atoms with Crippen molar-refractivity contribution in [1.82, 2.24) is 4.98 Å². The molecule has 0 aliphatic carbocycles. The molecule has 0 radical (unpaired) electrons. The summed E-state index contributed by atoms with van der Waals surface area (Å²) >= 11 is 0. The summed E-state index contributed by atoms with van der Waals surface area (Å²) < 4.78 is 0. The number of aromatic nitrogens is 1. The number of hydrogen-bond acceptors (Lipinski definition) is 3. The van der Waals surface area contributed by atoms with Gasteiger partial charge in [0.1, 0.15) is 0 Å². The molecule has 0 unspecified atom stereocenters. The van der Waals surface area contributed by atoms with Crippen LogP contribution in [0.4, 0.5) is 0 Å². The maximum Gasteiger partial charge on any atom is 0.0406 e. The number of pyridine rings is 1. The van der Waals surface area contributed by atoms with Crippen LogP contribution in [0.15, 0.2) is 24.0 Å². The van der Waals surface area contributed by atoms with Crippen LogP contribution in [0.3, 0.4) is 0 Å². The highest BCUT2D eigenvalue weighted by Crippen LogP contribution is 2.18. The van der Waals surface area contributed by atoms with Crippen molar-refractivity contribution in [1.29, 1.82) is 5.41 Å². The van der Waals surface area contributed by atoms with E-state index in [0.29, 0.717) is 17.3 Å². The summed E-state index contributed by atoms with van der Waals surface area (Å²) in [5.74, 6) is 0.601. The molecule has 1 aromatic rings. The Morgan fingerprint density at radius 2 is 2.00 bits per heavy atom. The number of nitrogens with one attached hydrogen (secondary N) is 1. The highest BCUT2D eigenvalue weighted by atomic mass is 14.7. The largest absolute Gasteiger partial charge is 0.402 e. The van der Waals surface area contributed by atoms with Gasteiger partial charge in [-0.2, -0.15) is 0 Å². The van der Waals surface area contributed by atoms with E-state index in [9.17, 15) is 0 Å². The third-order valence-corrected chi connectivity index (χ3v) is 2.50. The molecule has 0 amide bonds. The summed E-state index contributed by atoms with van der Waals surface area (Å²) in [5.41, 5.74) is 9.73. The van der Waals surface area contributed by atoms with Crippen molar-refractivity contribution in [3.05, 3.63) is 35.3 Å². The first kappa shape index (κ1) is 13.4. The highest BCUT2D eigenvalue weighted by molar-refractivity contribution is 6.21. The van der Waals surface area contributed by atoms with Crippen LogP contribution in [-0.4, -0.2) is 10.7 Å². The lowest BCUT2D eigenvalue weighted by molar-refractivity contribution is 0.635. The summed E-state index contributed by atoms with van der Waals surface area (Å²) in [5, 5.41) is 7.72. The third-order valence-electron chi connectivity index (χ3n) is 2.50. The Balaban J connectivity index is 3.02. The van der Waals surface area contributed by atoms with Crippen LogP contribution in [0, 0.1) is 11.3 Å². The van der Waals surface area contributed by atoms with Crippen molar-refractivity contribution in [3.63, 3.8) is 0 Å². The molecule has 3 heteroatoms. The summed E-state index contributed by atoms with van der Waals surface area (Å²) in [6.07, 6.45) is 2.78. The molecular formula is C14H21N3. The van der Waals surface area contributed by atoms with Gasteiger partial charge in [0.2, 0.25) is 0 Å². The lowest BCUT2D eigenvalue weighted by Gasteiger charge is -2.09. The van der Waals surface area contributed by atoms with Gasteiger partial charge in [-0.1, -0.05) is 19.9 Å². The monoisotopic (exact) mass is 231 g/mol. The minimum absolute atomic E-state index is 0.475. The van der Waals surface area contributed by atoms with Gasteiger partial charge in [0.25, 0.3) is 0 Å². The van der Waals surface area contributed by atoms with Gasteiger partial charge in [0, 0.05) is 34.4 Å². The summed E-state index contributed by atoms with van der Waals surface area (Å²) in [6, 6.07) is 4.01. The minimum Gasteiger partial charge on any atom is -0.402 e. The molecule has 3 N–H and O–H groups in total. The van der Waals surface area contributed by atoms with Crippen molar-refractivity contribution < 1.29 is 0 Å². The Labute approximate surface area is 103 Å². The normalized spacial score (nSPS) is 12.5. The van der Waals surface area contributed by atoms with Gasteiger partial charge in [-0.05, 0) is 32.3 Å². The van der Waals surface area contributed by atoms with Gasteiger partial charge in [0.05, 0.1) is 0 Å². The van der Waals surface area contributed by atoms with Crippen LogP contribution in [-0.2, 0) is 6.42 Å². The van der Waals surface area contributed by atoms with E-state index in [1.165, 1.54) is 0 Å². The molecule has 0 fully saturated rings. The smallest absolute Gasteiger partial charge is 0.0406 e. The fraction of sp³-hybridized carbons (Fsp3) is 0.429. The first-order valence-electron chi connectivity index (χ1n) is 5.89. The lowest BCUT2D eigenvalue weighted by Crippen LogP contribution is -2.05. The van der Waals surface area contributed by atoms with Crippen molar-refractivity contribution >= 4 is 11.3 Å². The molecule has 0 bridgehead atoms. The number of allylic oxidation sites excluding steroid dienone is 2. The van der Waals surface area contributed by atoms with Crippen LogP contribution in [0.1, 0.15) is 39.0 Å². The van der Waals surface area contributed by atoms with Crippen LogP contribution >= 0.6 is 0 Å². The standard InChI is InChI=1S/C14H21N3/c1-9(2)7-13-6-5-12(8-17-13)14(10(3)15)11(4)16/h5-6,8-9,15H,7,16H2,1-4H3/b14-11+,15-10?. The van der Waals surface area contributed by atoms with Crippen molar-refractivity contribution in [2.45, 2.75) is 34.1 Å². The van der Waals surface area contributed by atoms with E-state index in [2.05, 4.69) is 18.8 Å². The Morgan fingerprint density at radius 1 is 1.35 bits per heavy atom. The minimum atomic E-state index is 0.475. The first-order valence-corrected chi connectivity index (χ1v) is 5.89. The number of hydrogen-bond donors (Lipinski definition) is 2. The van der Waals surface area contributed by atoms with Crippen molar-refractivity contribution in [2.24, 2.45) is 11.7 Å². The first-order chi connectivity index (χ1) is 7.91. The average Bonchev–Trinajstić information content (AvgIpc) is 2.18. The number of nitrogens with zero attached hydrogens (tertiary/aromatic N) is 1. The van der Waals surface area contributed by atoms with E-state index in [1.807, 2.05) is 19.1 Å². The van der Waals surface area contributed by atoms with Gasteiger partial charge >= 0.3 is 0 Å². The fourth-order valence-electron chi connectivity index (χ4n) is 1.85. The molecule has 0 aliphatic rings. The summed E-state index contributed by atoms with van der Waals surface area (Å²) in [4.78, 5) is 4.42. The second-order valence-corrected chi connectivity index (χ2v) is 4.82. The maximum absolute atomic E-state index is 7.72. The van der Waals surface area contributed by atoms with Gasteiger partial charge < -0.3 is 11.1 Å². The van der Waals surface area contributed by atoms with E-state index in [0.717, 1.165) is 23.3 Å². The molecule has 0 atom stereocenters. The molecule has 0 saturated carbocycles. The fourth-order valence-corrected chi connectivity index (χ4v) is 1.85. The molecule has 0 spiro atoms. The van der Waals surface area contributed by atoms with E-state index < -0.39 is 0 Å². The molecule has 1 rings (SSSR count). The molecule has 3 nitrogen and oxygen atoms in total. The van der Waals surface area contributed by atoms with Gasteiger partial charge in [-0.3, -0.25) is 4.98 Å². The second kappa shape index (κ2) is 5.62. The highest BCUT2D eigenvalue weighted by Gasteiger charge is 2.08. The topological polar surface area (TPSA) is 62.8 Å². The Kier molecular flexibility index (Phi) is 4.44. The second-order valence-electron chi connectivity index (χ2n) is 4.82. The maximum atomic E-state index is 7.72. The molecule has 1 aromatic heterocycles. The Hall–Kier alpha value is -1.64. The lowest BCUT2D eigenvalue weighted by atomic mass is 10.0. The summed E-state index contributed by atoms with van der Waals surface area (Å²) in [6.45, 7) is 7.91. The van der Waals surface area contributed by atoms with E-state index in [-0.39, 0.29) is 0 Å². The average molecular weight is 231 g/mol.